The zero-order chi connectivity index (χ0) is 14.9. The van der Waals surface area contributed by atoms with Gasteiger partial charge in [-0.1, -0.05) is 12.1 Å². The summed E-state index contributed by atoms with van der Waals surface area (Å²) in [5.41, 5.74) is 0.796. The Hall–Kier alpha value is -1.10. The largest absolute Gasteiger partial charge is 0.497 e. The van der Waals surface area contributed by atoms with Gasteiger partial charge < -0.3 is 18.9 Å². The molecule has 2 saturated heterocycles. The molecule has 2 heterocycles. The zero-order valence-electron chi connectivity index (χ0n) is 13.1. The first kappa shape index (κ1) is 14.8. The van der Waals surface area contributed by atoms with Crippen molar-refractivity contribution < 1.29 is 18.9 Å². The van der Waals surface area contributed by atoms with Crippen LogP contribution in [0.25, 0.3) is 0 Å². The number of rotatable bonds is 2. The Balaban J connectivity index is 1.75. The van der Waals surface area contributed by atoms with Gasteiger partial charge >= 0.3 is 0 Å². The quantitative estimate of drug-likeness (QED) is 0.836. The highest BCUT2D eigenvalue weighted by Crippen LogP contribution is 2.43. The number of ether oxygens (including phenoxy) is 4. The van der Waals surface area contributed by atoms with Crippen LogP contribution in [0, 0.1) is 0 Å². The summed E-state index contributed by atoms with van der Waals surface area (Å²) >= 11 is 0. The second-order valence-corrected chi connectivity index (χ2v) is 6.56. The van der Waals surface area contributed by atoms with Gasteiger partial charge in [-0.2, -0.15) is 0 Å². The van der Waals surface area contributed by atoms with E-state index < -0.39 is 0 Å². The van der Waals surface area contributed by atoms with Crippen LogP contribution in [0.15, 0.2) is 24.3 Å². The summed E-state index contributed by atoms with van der Waals surface area (Å²) in [5, 5.41) is 0. The predicted molar refractivity (Wildman–Crippen MR) is 79.4 cm³/mol. The highest BCUT2D eigenvalue weighted by atomic mass is 16.7. The zero-order valence-corrected chi connectivity index (χ0v) is 13.1. The second-order valence-electron chi connectivity index (χ2n) is 6.56. The summed E-state index contributed by atoms with van der Waals surface area (Å²) in [7, 11) is 1.67. The molecule has 2 aliphatic heterocycles. The number of hydrogen-bond acceptors (Lipinski definition) is 4. The molecule has 0 N–H and O–H groups in total. The summed E-state index contributed by atoms with van der Waals surface area (Å²) in [4.78, 5) is 0. The van der Waals surface area contributed by atoms with Gasteiger partial charge in [0.05, 0.1) is 31.5 Å². The van der Waals surface area contributed by atoms with Crippen LogP contribution in [-0.2, 0) is 14.2 Å². The van der Waals surface area contributed by atoms with Crippen molar-refractivity contribution in [2.24, 2.45) is 0 Å². The Bertz CT molecular complexity index is 478. The van der Waals surface area contributed by atoms with Crippen molar-refractivity contribution in [3.05, 3.63) is 29.8 Å². The molecule has 2 fully saturated rings. The number of benzene rings is 1. The van der Waals surface area contributed by atoms with Gasteiger partial charge in [-0.15, -0.1) is 0 Å². The van der Waals surface area contributed by atoms with E-state index in [1.807, 2.05) is 24.3 Å². The van der Waals surface area contributed by atoms with Gasteiger partial charge in [-0.3, -0.25) is 0 Å². The molecule has 4 nitrogen and oxygen atoms in total. The highest BCUT2D eigenvalue weighted by molar-refractivity contribution is 5.28. The molecule has 21 heavy (non-hydrogen) atoms. The van der Waals surface area contributed by atoms with Crippen molar-refractivity contribution >= 4 is 0 Å². The number of hydrogen-bond donors (Lipinski definition) is 0. The van der Waals surface area contributed by atoms with Crippen LogP contribution in [-0.4, -0.2) is 31.5 Å². The van der Waals surface area contributed by atoms with Crippen molar-refractivity contribution in [2.45, 2.75) is 50.6 Å². The maximum atomic E-state index is 6.37. The SMILES string of the molecule is COc1ccc([C@H]2OCC[C@]3(CCOC(C)(C)C3)O2)cc1. The lowest BCUT2D eigenvalue weighted by Crippen LogP contribution is -2.50. The van der Waals surface area contributed by atoms with E-state index in [1.165, 1.54) is 0 Å². The fourth-order valence-corrected chi connectivity index (χ4v) is 3.34. The predicted octanol–water partition coefficient (Wildman–Crippen LogP) is 3.46. The van der Waals surface area contributed by atoms with E-state index in [1.54, 1.807) is 7.11 Å². The maximum Gasteiger partial charge on any atom is 0.184 e. The van der Waals surface area contributed by atoms with Crippen molar-refractivity contribution in [2.75, 3.05) is 20.3 Å². The van der Waals surface area contributed by atoms with E-state index in [9.17, 15) is 0 Å². The molecule has 0 saturated carbocycles. The summed E-state index contributed by atoms with van der Waals surface area (Å²) < 4.78 is 23.2. The number of methoxy groups -OCH3 is 1. The third kappa shape index (κ3) is 3.23. The Morgan fingerprint density at radius 1 is 1.10 bits per heavy atom. The van der Waals surface area contributed by atoms with Gasteiger partial charge in [-0.05, 0) is 26.0 Å². The van der Waals surface area contributed by atoms with E-state index >= 15 is 0 Å². The van der Waals surface area contributed by atoms with Crippen molar-refractivity contribution in [3.63, 3.8) is 0 Å². The molecule has 2 aliphatic rings. The summed E-state index contributed by atoms with van der Waals surface area (Å²) in [6.07, 6.45) is 2.49. The molecular formula is C17H24O4. The van der Waals surface area contributed by atoms with E-state index in [2.05, 4.69) is 13.8 Å². The molecule has 0 aromatic heterocycles. The first-order chi connectivity index (χ1) is 10.0. The molecule has 4 heteroatoms. The molecule has 116 valence electrons. The van der Waals surface area contributed by atoms with Crippen LogP contribution in [0.5, 0.6) is 5.75 Å². The minimum absolute atomic E-state index is 0.120. The van der Waals surface area contributed by atoms with Crippen LogP contribution in [0.4, 0.5) is 0 Å². The topological polar surface area (TPSA) is 36.9 Å². The van der Waals surface area contributed by atoms with Gasteiger partial charge in [-0.25, -0.2) is 0 Å². The van der Waals surface area contributed by atoms with E-state index in [0.29, 0.717) is 0 Å². The molecule has 3 rings (SSSR count). The standard InChI is InChI=1S/C17H24O4/c1-16(2)12-17(9-11-20-16)8-10-19-15(21-17)13-4-6-14(18-3)7-5-13/h4-7,15H,8-12H2,1-3H3/t15-,17+/m0/s1. The molecule has 0 unspecified atom stereocenters. The fourth-order valence-electron chi connectivity index (χ4n) is 3.34. The second kappa shape index (κ2) is 5.59. The van der Waals surface area contributed by atoms with Crippen molar-refractivity contribution in [1.82, 2.24) is 0 Å². The summed E-state index contributed by atoms with van der Waals surface area (Å²) in [6, 6.07) is 7.90. The molecule has 1 aromatic rings. The molecule has 1 spiro atoms. The molecule has 0 bridgehead atoms. The highest BCUT2D eigenvalue weighted by Gasteiger charge is 2.45. The lowest BCUT2D eigenvalue weighted by molar-refractivity contribution is -0.293. The van der Waals surface area contributed by atoms with Gasteiger partial charge in [0.25, 0.3) is 0 Å². The van der Waals surface area contributed by atoms with Gasteiger partial charge in [0, 0.05) is 24.8 Å². The van der Waals surface area contributed by atoms with Crippen LogP contribution < -0.4 is 4.74 Å². The first-order valence-corrected chi connectivity index (χ1v) is 7.59. The summed E-state index contributed by atoms with van der Waals surface area (Å²) in [6.45, 7) is 5.75. The van der Waals surface area contributed by atoms with Crippen molar-refractivity contribution in [1.29, 1.82) is 0 Å². The normalized spacial score (nSPS) is 32.0. The average molecular weight is 292 g/mol. The molecule has 0 radical (unpaired) electrons. The fraction of sp³-hybridized carbons (Fsp3) is 0.647. The monoisotopic (exact) mass is 292 g/mol. The lowest BCUT2D eigenvalue weighted by atomic mass is 9.81. The average Bonchev–Trinajstić information content (AvgIpc) is 2.46. The van der Waals surface area contributed by atoms with Crippen LogP contribution >= 0.6 is 0 Å². The Morgan fingerprint density at radius 2 is 1.81 bits per heavy atom. The molecule has 0 aliphatic carbocycles. The van der Waals surface area contributed by atoms with Gasteiger partial charge in [0.15, 0.2) is 6.29 Å². The van der Waals surface area contributed by atoms with Crippen LogP contribution in [0.3, 0.4) is 0 Å². The minimum atomic E-state index is -0.293. The molecule has 1 aromatic carbocycles. The molecular weight excluding hydrogens is 268 g/mol. The van der Waals surface area contributed by atoms with E-state index in [4.69, 9.17) is 18.9 Å². The summed E-state index contributed by atoms with van der Waals surface area (Å²) in [5.74, 6) is 0.844. The van der Waals surface area contributed by atoms with Crippen LogP contribution in [0.1, 0.15) is 45.0 Å². The minimum Gasteiger partial charge on any atom is -0.497 e. The lowest BCUT2D eigenvalue weighted by Gasteiger charge is -2.48. The maximum absolute atomic E-state index is 6.37. The first-order valence-electron chi connectivity index (χ1n) is 7.59. The van der Waals surface area contributed by atoms with E-state index in [-0.39, 0.29) is 17.5 Å². The molecule has 2 atom stereocenters. The Kier molecular flexibility index (Phi) is 3.95. The third-order valence-corrected chi connectivity index (χ3v) is 4.37. The smallest absolute Gasteiger partial charge is 0.184 e. The third-order valence-electron chi connectivity index (χ3n) is 4.37. The van der Waals surface area contributed by atoms with Crippen molar-refractivity contribution in [3.8, 4) is 5.75 Å². The van der Waals surface area contributed by atoms with E-state index in [0.717, 1.165) is 43.8 Å². The Labute approximate surface area is 126 Å². The molecule has 0 amide bonds. The Morgan fingerprint density at radius 3 is 2.48 bits per heavy atom. The van der Waals surface area contributed by atoms with Gasteiger partial charge in [0.2, 0.25) is 0 Å². The van der Waals surface area contributed by atoms with Crippen LogP contribution in [0.2, 0.25) is 0 Å². The van der Waals surface area contributed by atoms with Gasteiger partial charge in [0.1, 0.15) is 5.75 Å².